The van der Waals surface area contributed by atoms with Gasteiger partial charge in [-0.3, -0.25) is 18.6 Å². The van der Waals surface area contributed by atoms with E-state index >= 15 is 0 Å². The van der Waals surface area contributed by atoms with Crippen LogP contribution in [0, 0.1) is 0 Å². The Morgan fingerprint density at radius 1 is 0.500 bits per heavy atom. The van der Waals surface area contributed by atoms with E-state index in [1.807, 2.05) is 0 Å². The maximum atomic E-state index is 12.8. The van der Waals surface area contributed by atoms with Crippen molar-refractivity contribution in [2.75, 3.05) is 13.2 Å². The van der Waals surface area contributed by atoms with Crippen molar-refractivity contribution in [3.05, 3.63) is 0 Å². The number of aliphatic hydroxyl groups excluding tert-OH is 6. The number of carbonyl (C=O) groups excluding carboxylic acids is 2. The number of phosphoric acid groups is 1. The molecule has 60 heavy (non-hydrogen) atoms. The molecule has 14 nitrogen and oxygen atoms in total. The van der Waals surface area contributed by atoms with Crippen molar-refractivity contribution in [1.82, 2.24) is 0 Å². The van der Waals surface area contributed by atoms with Crippen LogP contribution in [0.25, 0.3) is 0 Å². The average Bonchev–Trinajstić information content (AvgIpc) is 3.22. The zero-order valence-corrected chi connectivity index (χ0v) is 38.3. The first-order chi connectivity index (χ1) is 28.8. The van der Waals surface area contributed by atoms with Crippen LogP contribution in [0.3, 0.4) is 0 Å². The molecule has 7 atom stereocenters. The molecule has 0 saturated heterocycles. The fourth-order valence-electron chi connectivity index (χ4n) is 7.60. The molecule has 0 bridgehead atoms. The van der Waals surface area contributed by atoms with Crippen LogP contribution in [-0.2, 0) is 32.7 Å². The topological polar surface area (TPSA) is 230 Å². The number of rotatable bonds is 40. The van der Waals surface area contributed by atoms with Crippen molar-refractivity contribution in [3.8, 4) is 0 Å². The van der Waals surface area contributed by atoms with Gasteiger partial charge in [0.05, 0.1) is 12.7 Å². The van der Waals surface area contributed by atoms with Gasteiger partial charge in [0.1, 0.15) is 43.2 Å². The second kappa shape index (κ2) is 36.2. The van der Waals surface area contributed by atoms with Crippen molar-refractivity contribution in [1.29, 1.82) is 0 Å². The third-order valence-electron chi connectivity index (χ3n) is 11.5. The van der Waals surface area contributed by atoms with Gasteiger partial charge in [-0.25, -0.2) is 4.57 Å². The summed E-state index contributed by atoms with van der Waals surface area (Å²) in [6.45, 7) is 3.23. The van der Waals surface area contributed by atoms with Crippen LogP contribution in [0.15, 0.2) is 0 Å². The highest BCUT2D eigenvalue weighted by atomic mass is 31.2. The normalized spacial score (nSPS) is 22.6. The summed E-state index contributed by atoms with van der Waals surface area (Å²) < 4.78 is 33.5. The summed E-state index contributed by atoms with van der Waals surface area (Å²) in [5.41, 5.74) is 0. The lowest BCUT2D eigenvalue weighted by Crippen LogP contribution is -2.64. The molecular weight excluding hydrogens is 795 g/mol. The monoisotopic (exact) mass is 883 g/mol. The van der Waals surface area contributed by atoms with Crippen LogP contribution < -0.4 is 0 Å². The zero-order valence-electron chi connectivity index (χ0n) is 37.4. The zero-order chi connectivity index (χ0) is 44.4. The molecule has 1 rings (SSSR count). The Hall–Kier alpha value is -1.19. The van der Waals surface area contributed by atoms with Crippen molar-refractivity contribution in [2.24, 2.45) is 0 Å². The Morgan fingerprint density at radius 3 is 1.28 bits per heavy atom. The van der Waals surface area contributed by atoms with Crippen LogP contribution in [0.4, 0.5) is 0 Å². The summed E-state index contributed by atoms with van der Waals surface area (Å²) in [6.07, 6.45) is 18.8. The molecular formula is C45H87O14P. The number of phosphoric ester groups is 1. The van der Waals surface area contributed by atoms with Crippen molar-refractivity contribution >= 4 is 19.8 Å². The van der Waals surface area contributed by atoms with E-state index in [1.54, 1.807) is 0 Å². The van der Waals surface area contributed by atoms with Gasteiger partial charge in [0.25, 0.3) is 0 Å². The smallest absolute Gasteiger partial charge is 0.462 e. The number of unbranched alkanes of at least 4 members (excludes halogenated alkanes) is 24. The highest BCUT2D eigenvalue weighted by Gasteiger charge is 2.51. The van der Waals surface area contributed by atoms with Gasteiger partial charge in [0.2, 0.25) is 0 Å². The minimum absolute atomic E-state index is 0.0750. The average molecular weight is 883 g/mol. The maximum Gasteiger partial charge on any atom is 0.472 e. The quantitative estimate of drug-likeness (QED) is 0.0175. The number of carbonyl (C=O) groups is 2. The van der Waals surface area contributed by atoms with Gasteiger partial charge in [-0.15, -0.1) is 0 Å². The summed E-state index contributed by atoms with van der Waals surface area (Å²) in [6, 6.07) is 0. The Kier molecular flexibility index (Phi) is 34.3. The first-order valence-corrected chi connectivity index (χ1v) is 25.4. The molecule has 7 unspecified atom stereocenters. The van der Waals surface area contributed by atoms with Gasteiger partial charge < -0.3 is 45.0 Å². The molecule has 0 aliphatic heterocycles. The second-order valence-electron chi connectivity index (χ2n) is 17.2. The molecule has 0 amide bonds. The van der Waals surface area contributed by atoms with Crippen LogP contribution in [-0.4, -0.2) is 110 Å². The van der Waals surface area contributed by atoms with E-state index in [9.17, 15) is 49.7 Å². The van der Waals surface area contributed by atoms with Crippen molar-refractivity contribution in [3.63, 3.8) is 0 Å². The summed E-state index contributed by atoms with van der Waals surface area (Å²) in [4.78, 5) is 35.7. The molecule has 0 aromatic rings. The van der Waals surface area contributed by atoms with Gasteiger partial charge in [-0.05, 0) is 25.7 Å². The number of aliphatic hydroxyl groups is 6. The van der Waals surface area contributed by atoms with Gasteiger partial charge >= 0.3 is 19.8 Å². The summed E-state index contributed by atoms with van der Waals surface area (Å²) in [5.74, 6) is -1.12. The van der Waals surface area contributed by atoms with E-state index in [1.165, 1.54) is 89.9 Å². The minimum atomic E-state index is -5.12. The number of ether oxygens (including phenoxy) is 2. The summed E-state index contributed by atoms with van der Waals surface area (Å²) >= 11 is 0. The van der Waals surface area contributed by atoms with Crippen molar-refractivity contribution < 1.29 is 68.2 Å². The SMILES string of the molecule is CCCCCCCCCCCCCCCCCC(=O)OCC(COP(=O)(O)OC1C(O)C(O)C(O)C(O)C1O)OC(=O)CCCCCCCCCCC(O)CCCCCC. The number of hydrogen-bond donors (Lipinski definition) is 7. The van der Waals surface area contributed by atoms with E-state index < -0.39 is 75.7 Å². The predicted octanol–water partition coefficient (Wildman–Crippen LogP) is 8.26. The van der Waals surface area contributed by atoms with Gasteiger partial charge in [0, 0.05) is 12.8 Å². The molecule has 15 heteroatoms. The van der Waals surface area contributed by atoms with Gasteiger partial charge in [-0.1, -0.05) is 174 Å². The molecule has 1 saturated carbocycles. The second-order valence-corrected chi connectivity index (χ2v) is 18.6. The lowest BCUT2D eigenvalue weighted by atomic mass is 9.85. The highest BCUT2D eigenvalue weighted by molar-refractivity contribution is 7.47. The van der Waals surface area contributed by atoms with E-state index in [0.717, 1.165) is 83.5 Å². The summed E-state index contributed by atoms with van der Waals surface area (Å²) in [7, 11) is -5.12. The summed E-state index contributed by atoms with van der Waals surface area (Å²) in [5, 5.41) is 60.3. The first-order valence-electron chi connectivity index (χ1n) is 23.9. The Morgan fingerprint density at radius 2 is 0.850 bits per heavy atom. The molecule has 0 aromatic heterocycles. The lowest BCUT2D eigenvalue weighted by Gasteiger charge is -2.41. The van der Waals surface area contributed by atoms with Crippen LogP contribution in [0.2, 0.25) is 0 Å². The molecule has 356 valence electrons. The van der Waals surface area contributed by atoms with Crippen molar-refractivity contribution in [2.45, 2.75) is 262 Å². The van der Waals surface area contributed by atoms with Crippen LogP contribution in [0.5, 0.6) is 0 Å². The third kappa shape index (κ3) is 28.5. The molecule has 1 aliphatic rings. The Balaban J connectivity index is 2.44. The molecule has 0 spiro atoms. The maximum absolute atomic E-state index is 12.8. The largest absolute Gasteiger partial charge is 0.472 e. The standard InChI is InChI=1S/C45H87O14P/c1-3-5-7-9-10-11-12-13-14-15-16-17-21-24-28-32-38(47)56-34-37(35-57-60(54,55)59-45-43(52)41(50)40(49)42(51)44(45)53)58-39(48)33-29-25-22-19-18-20-23-27-31-36(46)30-26-8-6-4-2/h36-37,40-46,49-53H,3-35H2,1-2H3,(H,54,55). The predicted molar refractivity (Wildman–Crippen MR) is 232 cm³/mol. The Bertz CT molecular complexity index is 1080. The first kappa shape index (κ1) is 56.8. The lowest BCUT2D eigenvalue weighted by molar-refractivity contribution is -0.220. The van der Waals surface area contributed by atoms with Crippen LogP contribution in [0.1, 0.15) is 213 Å². The molecule has 0 aromatic carbocycles. The molecule has 0 heterocycles. The molecule has 1 fully saturated rings. The van der Waals surface area contributed by atoms with E-state index in [0.29, 0.717) is 12.8 Å². The highest BCUT2D eigenvalue weighted by Crippen LogP contribution is 2.47. The molecule has 7 N–H and O–H groups in total. The minimum Gasteiger partial charge on any atom is -0.462 e. The number of hydrogen-bond acceptors (Lipinski definition) is 13. The van der Waals surface area contributed by atoms with E-state index in [4.69, 9.17) is 18.5 Å². The fraction of sp³-hybridized carbons (Fsp3) is 0.956. The Labute approximate surface area is 362 Å². The van der Waals surface area contributed by atoms with E-state index in [2.05, 4.69) is 13.8 Å². The van der Waals surface area contributed by atoms with Crippen LogP contribution >= 0.6 is 7.82 Å². The fourth-order valence-corrected chi connectivity index (χ4v) is 8.58. The van der Waals surface area contributed by atoms with E-state index in [-0.39, 0.29) is 18.9 Å². The molecule has 1 aliphatic carbocycles. The number of esters is 2. The van der Waals surface area contributed by atoms with Gasteiger partial charge in [-0.2, -0.15) is 0 Å². The van der Waals surface area contributed by atoms with Gasteiger partial charge in [0.15, 0.2) is 6.10 Å². The molecule has 0 radical (unpaired) electrons. The third-order valence-corrected chi connectivity index (χ3v) is 12.5.